The average Bonchev–Trinajstić information content (AvgIpc) is 2.79. The fourth-order valence-electron chi connectivity index (χ4n) is 3.32. The maximum Gasteiger partial charge on any atom is 0.335 e. The van der Waals surface area contributed by atoms with E-state index in [0.29, 0.717) is 23.6 Å². The van der Waals surface area contributed by atoms with Gasteiger partial charge in [-0.2, -0.15) is 0 Å². The summed E-state index contributed by atoms with van der Waals surface area (Å²) in [5, 5.41) is 8.99. The molecule has 32 heavy (non-hydrogen) atoms. The number of para-hydroxylation sites is 1. The van der Waals surface area contributed by atoms with E-state index < -0.39 is 16.0 Å². The first-order valence-electron chi connectivity index (χ1n) is 9.99. The Balaban J connectivity index is 1.71. The zero-order chi connectivity index (χ0) is 23.1. The lowest BCUT2D eigenvalue weighted by atomic mass is 10.0. The Morgan fingerprint density at radius 1 is 0.906 bits per heavy atom. The lowest BCUT2D eigenvalue weighted by Gasteiger charge is -2.14. The number of ether oxygens (including phenoxy) is 2. The van der Waals surface area contributed by atoms with Crippen molar-refractivity contribution in [2.45, 2.75) is 24.2 Å². The Kier molecular flexibility index (Phi) is 7.37. The summed E-state index contributed by atoms with van der Waals surface area (Å²) in [4.78, 5) is 11.0. The van der Waals surface area contributed by atoms with E-state index in [-0.39, 0.29) is 10.5 Å². The number of aromatic carboxylic acids is 1. The summed E-state index contributed by atoms with van der Waals surface area (Å²) in [5.41, 5.74) is 2.67. The van der Waals surface area contributed by atoms with E-state index in [1.165, 1.54) is 26.4 Å². The van der Waals surface area contributed by atoms with E-state index in [1.807, 2.05) is 12.1 Å². The molecule has 0 amide bonds. The van der Waals surface area contributed by atoms with Gasteiger partial charge in [0.1, 0.15) is 0 Å². The molecule has 0 spiro atoms. The van der Waals surface area contributed by atoms with Crippen LogP contribution in [0.15, 0.2) is 71.6 Å². The molecule has 0 saturated heterocycles. The third kappa shape index (κ3) is 5.59. The van der Waals surface area contributed by atoms with Crippen LogP contribution in [0, 0.1) is 0 Å². The lowest BCUT2D eigenvalue weighted by molar-refractivity contribution is 0.0697. The van der Waals surface area contributed by atoms with Crippen LogP contribution in [0.4, 0.5) is 5.69 Å². The predicted octanol–water partition coefficient (Wildman–Crippen LogP) is 4.38. The van der Waals surface area contributed by atoms with Crippen LogP contribution < -0.4 is 14.2 Å². The molecule has 0 saturated carbocycles. The highest BCUT2D eigenvalue weighted by molar-refractivity contribution is 7.92. The number of hydrogen-bond donors (Lipinski definition) is 2. The van der Waals surface area contributed by atoms with Crippen LogP contribution in [-0.2, 0) is 22.9 Å². The summed E-state index contributed by atoms with van der Waals surface area (Å²) in [6, 6.07) is 18.5. The summed E-state index contributed by atoms with van der Waals surface area (Å²) < 4.78 is 39.0. The monoisotopic (exact) mass is 455 g/mol. The van der Waals surface area contributed by atoms with Gasteiger partial charge in [-0.3, -0.25) is 4.72 Å². The molecule has 7 nitrogen and oxygen atoms in total. The van der Waals surface area contributed by atoms with Gasteiger partial charge in [0, 0.05) is 6.07 Å². The van der Waals surface area contributed by atoms with Gasteiger partial charge in [0.2, 0.25) is 0 Å². The molecule has 3 rings (SSSR count). The van der Waals surface area contributed by atoms with Crippen LogP contribution in [-0.4, -0.2) is 33.7 Å². The largest absolute Gasteiger partial charge is 0.493 e. The van der Waals surface area contributed by atoms with Crippen LogP contribution in [0.3, 0.4) is 0 Å². The molecule has 0 radical (unpaired) electrons. The van der Waals surface area contributed by atoms with Gasteiger partial charge in [-0.15, -0.1) is 0 Å². The maximum atomic E-state index is 12.9. The number of nitrogens with one attached hydrogen (secondary N) is 1. The average molecular weight is 456 g/mol. The summed E-state index contributed by atoms with van der Waals surface area (Å²) in [5.74, 6) is -0.173. The summed E-state index contributed by atoms with van der Waals surface area (Å²) in [6.07, 6.45) is 2.18. The van der Waals surface area contributed by atoms with Crippen molar-refractivity contribution in [1.82, 2.24) is 0 Å². The minimum atomic E-state index is -3.82. The SMILES string of the molecule is COc1ccc(S(=O)(=O)Nc2ccccc2CCCc2ccc(C(=O)O)cc2)cc1OC. The van der Waals surface area contributed by atoms with Crippen LogP contribution in [0.2, 0.25) is 0 Å². The van der Waals surface area contributed by atoms with Crippen LogP contribution in [0.5, 0.6) is 11.5 Å². The molecule has 0 aliphatic rings. The molecule has 3 aromatic carbocycles. The van der Waals surface area contributed by atoms with Crippen molar-refractivity contribution in [2.24, 2.45) is 0 Å². The smallest absolute Gasteiger partial charge is 0.335 e. The lowest BCUT2D eigenvalue weighted by Crippen LogP contribution is -2.14. The number of carbonyl (C=O) groups is 1. The number of aryl methyl sites for hydroxylation is 2. The molecular weight excluding hydrogens is 430 g/mol. The van der Waals surface area contributed by atoms with Crippen LogP contribution in [0.1, 0.15) is 27.9 Å². The zero-order valence-electron chi connectivity index (χ0n) is 17.9. The van der Waals surface area contributed by atoms with Gasteiger partial charge in [-0.25, -0.2) is 13.2 Å². The zero-order valence-corrected chi connectivity index (χ0v) is 18.7. The summed E-state index contributed by atoms with van der Waals surface area (Å²) in [7, 11) is -0.887. The highest BCUT2D eigenvalue weighted by Crippen LogP contribution is 2.30. The first kappa shape index (κ1) is 23.1. The van der Waals surface area contributed by atoms with Crippen LogP contribution >= 0.6 is 0 Å². The number of carboxylic acids is 1. The van der Waals surface area contributed by atoms with Crippen molar-refractivity contribution in [3.05, 3.63) is 83.4 Å². The molecule has 0 aromatic heterocycles. The molecule has 168 valence electrons. The number of rotatable bonds is 10. The van der Waals surface area contributed by atoms with Crippen molar-refractivity contribution >= 4 is 21.7 Å². The van der Waals surface area contributed by atoms with E-state index >= 15 is 0 Å². The molecule has 0 aliphatic carbocycles. The standard InChI is InChI=1S/C24H25NO6S/c1-30-22-15-14-20(16-23(22)31-2)32(28,29)25-21-9-4-3-7-18(21)8-5-6-17-10-12-19(13-11-17)24(26)27/h3-4,7,9-16,25H,5-6,8H2,1-2H3,(H,26,27). The Morgan fingerprint density at radius 3 is 2.25 bits per heavy atom. The second-order valence-electron chi connectivity index (χ2n) is 7.14. The van der Waals surface area contributed by atoms with E-state index in [4.69, 9.17) is 14.6 Å². The number of methoxy groups -OCH3 is 2. The van der Waals surface area contributed by atoms with E-state index in [1.54, 1.807) is 42.5 Å². The van der Waals surface area contributed by atoms with Gasteiger partial charge < -0.3 is 14.6 Å². The molecule has 0 aliphatic heterocycles. The van der Waals surface area contributed by atoms with E-state index in [9.17, 15) is 13.2 Å². The van der Waals surface area contributed by atoms with Crippen molar-refractivity contribution in [3.8, 4) is 11.5 Å². The molecule has 2 N–H and O–H groups in total. The number of sulfonamides is 1. The summed E-state index contributed by atoms with van der Waals surface area (Å²) >= 11 is 0. The summed E-state index contributed by atoms with van der Waals surface area (Å²) in [6.45, 7) is 0. The molecule has 3 aromatic rings. The Hall–Kier alpha value is -3.52. The highest BCUT2D eigenvalue weighted by Gasteiger charge is 2.18. The molecule has 8 heteroatoms. The molecule has 0 bridgehead atoms. The van der Waals surface area contributed by atoms with Gasteiger partial charge in [0.25, 0.3) is 10.0 Å². The molecular formula is C24H25NO6S. The van der Waals surface area contributed by atoms with Crippen LogP contribution in [0.25, 0.3) is 0 Å². The predicted molar refractivity (Wildman–Crippen MR) is 122 cm³/mol. The third-order valence-electron chi connectivity index (χ3n) is 5.04. The molecule has 0 fully saturated rings. The third-order valence-corrected chi connectivity index (χ3v) is 6.40. The number of anilines is 1. The molecule has 0 atom stereocenters. The first-order chi connectivity index (χ1) is 15.3. The number of carboxylic acid groups (broad SMARTS) is 1. The van der Waals surface area contributed by atoms with E-state index in [0.717, 1.165) is 24.0 Å². The Bertz CT molecular complexity index is 1190. The van der Waals surface area contributed by atoms with Crippen molar-refractivity contribution in [2.75, 3.05) is 18.9 Å². The topological polar surface area (TPSA) is 102 Å². The van der Waals surface area contributed by atoms with Crippen molar-refractivity contribution < 1.29 is 27.8 Å². The fraction of sp³-hybridized carbons (Fsp3) is 0.208. The Labute approximate surface area is 187 Å². The Morgan fingerprint density at radius 2 is 1.59 bits per heavy atom. The van der Waals surface area contributed by atoms with Gasteiger partial charge in [-0.05, 0) is 60.7 Å². The minimum Gasteiger partial charge on any atom is -0.493 e. The normalized spacial score (nSPS) is 11.1. The van der Waals surface area contributed by atoms with Crippen molar-refractivity contribution in [3.63, 3.8) is 0 Å². The highest BCUT2D eigenvalue weighted by atomic mass is 32.2. The molecule has 0 heterocycles. The fourth-order valence-corrected chi connectivity index (χ4v) is 4.44. The maximum absolute atomic E-state index is 12.9. The van der Waals surface area contributed by atoms with Crippen molar-refractivity contribution in [1.29, 1.82) is 0 Å². The minimum absolute atomic E-state index is 0.0727. The van der Waals surface area contributed by atoms with Gasteiger partial charge in [-0.1, -0.05) is 30.3 Å². The number of hydrogen-bond acceptors (Lipinski definition) is 5. The van der Waals surface area contributed by atoms with Gasteiger partial charge in [0.15, 0.2) is 11.5 Å². The quantitative estimate of drug-likeness (QED) is 0.470. The van der Waals surface area contributed by atoms with Gasteiger partial charge >= 0.3 is 5.97 Å². The second-order valence-corrected chi connectivity index (χ2v) is 8.82. The second kappa shape index (κ2) is 10.2. The molecule has 0 unspecified atom stereocenters. The number of benzene rings is 3. The van der Waals surface area contributed by atoms with Gasteiger partial charge in [0.05, 0.1) is 30.4 Å². The first-order valence-corrected chi connectivity index (χ1v) is 11.5. The van der Waals surface area contributed by atoms with E-state index in [2.05, 4.69) is 4.72 Å².